The van der Waals surface area contributed by atoms with E-state index in [1.54, 1.807) is 0 Å². The van der Waals surface area contributed by atoms with Gasteiger partial charge in [0.05, 0.1) is 0 Å². The van der Waals surface area contributed by atoms with Crippen molar-refractivity contribution >= 4 is 0 Å². The summed E-state index contributed by atoms with van der Waals surface area (Å²) >= 11 is 0. The summed E-state index contributed by atoms with van der Waals surface area (Å²) in [6, 6.07) is 7.81. The minimum atomic E-state index is -0.184. The lowest BCUT2D eigenvalue weighted by Crippen LogP contribution is -2.49. The van der Waals surface area contributed by atoms with Gasteiger partial charge in [0.1, 0.15) is 5.82 Å². The number of hydrogen-bond donors (Lipinski definition) is 2. The Morgan fingerprint density at radius 2 is 1.93 bits per heavy atom. The van der Waals surface area contributed by atoms with Crippen LogP contribution in [0.2, 0.25) is 0 Å². The van der Waals surface area contributed by atoms with Gasteiger partial charge < -0.3 is 11.1 Å². The Morgan fingerprint density at radius 1 is 1.33 bits per heavy atom. The molecule has 2 nitrogen and oxygen atoms in total. The second-order valence-electron chi connectivity index (χ2n) is 4.37. The maximum atomic E-state index is 12.7. The number of rotatable bonds is 3. The Balaban J connectivity index is 1.90. The van der Waals surface area contributed by atoms with Crippen LogP contribution in [0.4, 0.5) is 4.39 Å². The monoisotopic (exact) mass is 208 g/mol. The van der Waals surface area contributed by atoms with Crippen LogP contribution in [0.3, 0.4) is 0 Å². The van der Waals surface area contributed by atoms with Crippen molar-refractivity contribution in [2.45, 2.75) is 37.9 Å². The van der Waals surface area contributed by atoms with Crippen LogP contribution in [0.1, 0.15) is 31.4 Å². The first-order valence-corrected chi connectivity index (χ1v) is 5.42. The summed E-state index contributed by atoms with van der Waals surface area (Å²) in [6.45, 7) is 2.09. The van der Waals surface area contributed by atoms with Gasteiger partial charge in [-0.05, 0) is 37.5 Å². The van der Waals surface area contributed by atoms with Crippen LogP contribution < -0.4 is 11.1 Å². The van der Waals surface area contributed by atoms with E-state index >= 15 is 0 Å². The average Bonchev–Trinajstić information content (AvgIpc) is 2.16. The Kier molecular flexibility index (Phi) is 3.03. The summed E-state index contributed by atoms with van der Waals surface area (Å²) < 4.78 is 12.7. The molecule has 1 aliphatic rings. The summed E-state index contributed by atoms with van der Waals surface area (Å²) in [6.07, 6.45) is 2.09. The fraction of sp³-hybridized carbons (Fsp3) is 0.500. The molecule has 1 unspecified atom stereocenters. The van der Waals surface area contributed by atoms with Gasteiger partial charge >= 0.3 is 0 Å². The standard InChI is InChI=1S/C12H17FN2/c1-8(15-12-6-11(14)7-12)9-2-4-10(13)5-3-9/h2-5,8,11-12,15H,6-7,14H2,1H3. The minimum absolute atomic E-state index is 0.184. The Labute approximate surface area is 89.7 Å². The van der Waals surface area contributed by atoms with Crippen LogP contribution in [0.5, 0.6) is 0 Å². The van der Waals surface area contributed by atoms with Crippen molar-refractivity contribution in [2.24, 2.45) is 5.73 Å². The van der Waals surface area contributed by atoms with Crippen molar-refractivity contribution in [1.82, 2.24) is 5.32 Å². The van der Waals surface area contributed by atoms with Crippen LogP contribution in [0.25, 0.3) is 0 Å². The topological polar surface area (TPSA) is 38.0 Å². The molecule has 1 saturated carbocycles. The summed E-state index contributed by atoms with van der Waals surface area (Å²) in [4.78, 5) is 0. The Hall–Kier alpha value is -0.930. The first-order chi connectivity index (χ1) is 7.15. The molecule has 0 heterocycles. The van der Waals surface area contributed by atoms with E-state index in [0.717, 1.165) is 18.4 Å². The van der Waals surface area contributed by atoms with Crippen molar-refractivity contribution in [1.29, 1.82) is 0 Å². The lowest BCUT2D eigenvalue weighted by atomic mass is 9.87. The highest BCUT2D eigenvalue weighted by atomic mass is 19.1. The van der Waals surface area contributed by atoms with E-state index in [4.69, 9.17) is 5.73 Å². The minimum Gasteiger partial charge on any atom is -0.328 e. The van der Waals surface area contributed by atoms with E-state index in [9.17, 15) is 4.39 Å². The molecule has 1 aromatic rings. The first kappa shape index (κ1) is 10.6. The van der Waals surface area contributed by atoms with Gasteiger partial charge in [0.15, 0.2) is 0 Å². The molecule has 0 aliphatic heterocycles. The molecule has 0 spiro atoms. The smallest absolute Gasteiger partial charge is 0.123 e. The number of nitrogens with one attached hydrogen (secondary N) is 1. The highest BCUT2D eigenvalue weighted by Gasteiger charge is 2.26. The van der Waals surface area contributed by atoms with Crippen molar-refractivity contribution in [3.63, 3.8) is 0 Å². The molecule has 82 valence electrons. The van der Waals surface area contributed by atoms with E-state index in [1.165, 1.54) is 12.1 Å². The quantitative estimate of drug-likeness (QED) is 0.797. The van der Waals surface area contributed by atoms with Crippen LogP contribution >= 0.6 is 0 Å². The lowest BCUT2D eigenvalue weighted by Gasteiger charge is -2.35. The van der Waals surface area contributed by atoms with Gasteiger partial charge in [-0.2, -0.15) is 0 Å². The molecule has 1 aliphatic carbocycles. The van der Waals surface area contributed by atoms with Crippen molar-refractivity contribution in [3.8, 4) is 0 Å². The molecular formula is C12H17FN2. The predicted molar refractivity (Wildman–Crippen MR) is 58.9 cm³/mol. The van der Waals surface area contributed by atoms with E-state index in [2.05, 4.69) is 12.2 Å². The Morgan fingerprint density at radius 3 is 2.47 bits per heavy atom. The van der Waals surface area contributed by atoms with Gasteiger partial charge in [-0.3, -0.25) is 0 Å². The highest BCUT2D eigenvalue weighted by Crippen LogP contribution is 2.22. The molecule has 1 fully saturated rings. The molecule has 15 heavy (non-hydrogen) atoms. The molecule has 0 bridgehead atoms. The van der Waals surface area contributed by atoms with Crippen molar-refractivity contribution in [2.75, 3.05) is 0 Å². The maximum Gasteiger partial charge on any atom is 0.123 e. The van der Waals surface area contributed by atoms with Crippen molar-refractivity contribution in [3.05, 3.63) is 35.6 Å². The van der Waals surface area contributed by atoms with Gasteiger partial charge in [0, 0.05) is 18.1 Å². The molecular weight excluding hydrogens is 191 g/mol. The number of benzene rings is 1. The van der Waals surface area contributed by atoms with Crippen LogP contribution in [0.15, 0.2) is 24.3 Å². The van der Waals surface area contributed by atoms with E-state index in [0.29, 0.717) is 12.1 Å². The fourth-order valence-corrected chi connectivity index (χ4v) is 2.00. The first-order valence-electron chi connectivity index (χ1n) is 5.42. The summed E-state index contributed by atoms with van der Waals surface area (Å²) in [7, 11) is 0. The predicted octanol–water partition coefficient (Wildman–Crippen LogP) is 1.97. The van der Waals surface area contributed by atoms with Gasteiger partial charge in [-0.1, -0.05) is 12.1 Å². The second kappa shape index (κ2) is 4.29. The fourth-order valence-electron chi connectivity index (χ4n) is 2.00. The molecule has 0 amide bonds. The lowest BCUT2D eigenvalue weighted by molar-refractivity contribution is 0.272. The third-order valence-electron chi connectivity index (χ3n) is 3.03. The zero-order valence-electron chi connectivity index (χ0n) is 8.91. The number of nitrogens with two attached hydrogens (primary N) is 1. The molecule has 1 atom stereocenters. The zero-order chi connectivity index (χ0) is 10.8. The maximum absolute atomic E-state index is 12.7. The molecule has 2 rings (SSSR count). The van der Waals surface area contributed by atoms with Crippen molar-refractivity contribution < 1.29 is 4.39 Å². The molecule has 0 aromatic heterocycles. The van der Waals surface area contributed by atoms with E-state index < -0.39 is 0 Å². The van der Waals surface area contributed by atoms with Gasteiger partial charge in [0.25, 0.3) is 0 Å². The third-order valence-corrected chi connectivity index (χ3v) is 3.03. The molecule has 1 aromatic carbocycles. The third kappa shape index (κ3) is 2.55. The van der Waals surface area contributed by atoms with E-state index in [-0.39, 0.29) is 11.9 Å². The summed E-state index contributed by atoms with van der Waals surface area (Å²) in [5, 5.41) is 3.48. The molecule has 3 heteroatoms. The van der Waals surface area contributed by atoms with Crippen LogP contribution in [-0.2, 0) is 0 Å². The number of hydrogen-bond acceptors (Lipinski definition) is 2. The average molecular weight is 208 g/mol. The number of halogens is 1. The summed E-state index contributed by atoms with van der Waals surface area (Å²) in [5.74, 6) is -0.184. The molecule has 0 saturated heterocycles. The SMILES string of the molecule is CC(NC1CC(N)C1)c1ccc(F)cc1. The van der Waals surface area contributed by atoms with Gasteiger partial charge in [-0.15, -0.1) is 0 Å². The van der Waals surface area contributed by atoms with Crippen LogP contribution in [0, 0.1) is 5.82 Å². The zero-order valence-corrected chi connectivity index (χ0v) is 8.91. The van der Waals surface area contributed by atoms with Gasteiger partial charge in [0.2, 0.25) is 0 Å². The molecule has 3 N–H and O–H groups in total. The Bertz CT molecular complexity index is 317. The second-order valence-corrected chi connectivity index (χ2v) is 4.37. The highest BCUT2D eigenvalue weighted by molar-refractivity contribution is 5.19. The van der Waals surface area contributed by atoms with Crippen LogP contribution in [-0.4, -0.2) is 12.1 Å². The van der Waals surface area contributed by atoms with E-state index in [1.807, 2.05) is 12.1 Å². The normalized spacial score (nSPS) is 27.1. The van der Waals surface area contributed by atoms with Gasteiger partial charge in [-0.25, -0.2) is 4.39 Å². The largest absolute Gasteiger partial charge is 0.328 e. The molecule has 0 radical (unpaired) electrons. The summed E-state index contributed by atoms with van der Waals surface area (Å²) in [5.41, 5.74) is 6.84.